The van der Waals surface area contributed by atoms with Crippen LogP contribution in [0.5, 0.6) is 5.75 Å². The molecule has 0 aliphatic heterocycles. The summed E-state index contributed by atoms with van der Waals surface area (Å²) in [6.07, 6.45) is -4.40. The largest absolute Gasteiger partial charge is 0.484 e. The Morgan fingerprint density at radius 1 is 1.16 bits per heavy atom. The van der Waals surface area contributed by atoms with Gasteiger partial charge in [0.25, 0.3) is 0 Å². The summed E-state index contributed by atoms with van der Waals surface area (Å²) < 4.78 is 46.3. The van der Waals surface area contributed by atoms with Crippen LogP contribution in [0.2, 0.25) is 5.02 Å². The molecule has 0 radical (unpaired) electrons. The number of para-hydroxylation sites is 1. The van der Waals surface area contributed by atoms with E-state index in [0.717, 1.165) is 12.1 Å². The standard InChI is InChI=1S/C18H16ClF3N2O/c1-11(2)24-15-8-7-12(18(20,21)22)9-14(15)23-17(24)10-25-16-6-4-3-5-13(16)19/h3-9,11H,10H2,1-2H3. The fourth-order valence-corrected chi connectivity index (χ4v) is 2.90. The van der Waals surface area contributed by atoms with Crippen molar-refractivity contribution in [1.29, 1.82) is 0 Å². The van der Waals surface area contributed by atoms with Gasteiger partial charge in [0.05, 0.1) is 21.6 Å². The maximum atomic E-state index is 12.9. The lowest BCUT2D eigenvalue weighted by Gasteiger charge is -2.14. The minimum absolute atomic E-state index is 0.0200. The van der Waals surface area contributed by atoms with Crippen molar-refractivity contribution in [2.45, 2.75) is 32.7 Å². The summed E-state index contributed by atoms with van der Waals surface area (Å²) in [5.41, 5.74) is 0.217. The Morgan fingerprint density at radius 2 is 1.88 bits per heavy atom. The quantitative estimate of drug-likeness (QED) is 0.576. The zero-order valence-electron chi connectivity index (χ0n) is 13.6. The summed E-state index contributed by atoms with van der Waals surface area (Å²) in [6, 6.07) is 10.6. The molecule has 0 saturated heterocycles. The molecular weight excluding hydrogens is 353 g/mol. The number of fused-ring (bicyclic) bond motifs is 1. The van der Waals surface area contributed by atoms with Crippen LogP contribution in [0.3, 0.4) is 0 Å². The van der Waals surface area contributed by atoms with E-state index < -0.39 is 11.7 Å². The number of ether oxygens (including phenoxy) is 1. The first-order chi connectivity index (χ1) is 11.8. The Kier molecular flexibility index (Phi) is 4.64. The molecular formula is C18H16ClF3N2O. The zero-order chi connectivity index (χ0) is 18.2. The van der Waals surface area contributed by atoms with E-state index in [1.165, 1.54) is 6.07 Å². The van der Waals surface area contributed by atoms with Gasteiger partial charge in [-0.25, -0.2) is 4.98 Å². The molecule has 0 bridgehead atoms. The second-order valence-corrected chi connectivity index (χ2v) is 6.32. The van der Waals surface area contributed by atoms with E-state index in [2.05, 4.69) is 4.98 Å². The van der Waals surface area contributed by atoms with Gasteiger partial charge in [0.1, 0.15) is 18.2 Å². The third-order valence-corrected chi connectivity index (χ3v) is 4.11. The van der Waals surface area contributed by atoms with Gasteiger partial charge in [-0.05, 0) is 44.2 Å². The smallest absolute Gasteiger partial charge is 0.416 e. The summed E-state index contributed by atoms with van der Waals surface area (Å²) in [6.45, 7) is 3.99. The summed E-state index contributed by atoms with van der Waals surface area (Å²) in [5, 5.41) is 0.467. The van der Waals surface area contributed by atoms with Crippen molar-refractivity contribution in [3.05, 3.63) is 58.9 Å². The van der Waals surface area contributed by atoms with Crippen molar-refractivity contribution in [3.63, 3.8) is 0 Å². The molecule has 1 aromatic heterocycles. The number of imidazole rings is 1. The Balaban J connectivity index is 1.99. The van der Waals surface area contributed by atoms with E-state index in [1.807, 2.05) is 18.4 Å². The van der Waals surface area contributed by atoms with Crippen LogP contribution in [0.15, 0.2) is 42.5 Å². The van der Waals surface area contributed by atoms with Gasteiger partial charge in [0, 0.05) is 6.04 Å². The number of benzene rings is 2. The second-order valence-electron chi connectivity index (χ2n) is 5.91. The third-order valence-electron chi connectivity index (χ3n) is 3.80. The maximum absolute atomic E-state index is 12.9. The molecule has 0 aliphatic rings. The molecule has 7 heteroatoms. The van der Waals surface area contributed by atoms with Gasteiger partial charge in [-0.2, -0.15) is 13.2 Å². The molecule has 3 rings (SSSR count). The van der Waals surface area contributed by atoms with Crippen molar-refractivity contribution in [3.8, 4) is 5.75 Å². The normalized spacial score (nSPS) is 12.1. The molecule has 132 valence electrons. The van der Waals surface area contributed by atoms with Crippen LogP contribution >= 0.6 is 11.6 Å². The van der Waals surface area contributed by atoms with E-state index in [-0.39, 0.29) is 12.6 Å². The van der Waals surface area contributed by atoms with E-state index in [0.29, 0.717) is 27.6 Å². The summed E-state index contributed by atoms with van der Waals surface area (Å²) in [4.78, 5) is 4.35. The predicted octanol–water partition coefficient (Wildman–Crippen LogP) is 5.87. The lowest BCUT2D eigenvalue weighted by atomic mass is 10.2. The Hall–Kier alpha value is -2.21. The minimum atomic E-state index is -4.40. The molecule has 0 atom stereocenters. The molecule has 0 N–H and O–H groups in total. The SMILES string of the molecule is CC(C)n1c(COc2ccccc2Cl)nc2cc(C(F)(F)F)ccc21. The second kappa shape index (κ2) is 6.59. The van der Waals surface area contributed by atoms with Crippen LogP contribution in [-0.4, -0.2) is 9.55 Å². The van der Waals surface area contributed by atoms with Crippen LogP contribution in [0.25, 0.3) is 11.0 Å². The lowest BCUT2D eigenvalue weighted by Crippen LogP contribution is -2.09. The summed E-state index contributed by atoms with van der Waals surface area (Å²) in [5.74, 6) is 1.05. The molecule has 3 aromatic rings. The van der Waals surface area contributed by atoms with Gasteiger partial charge < -0.3 is 9.30 Å². The van der Waals surface area contributed by atoms with E-state index >= 15 is 0 Å². The van der Waals surface area contributed by atoms with E-state index in [9.17, 15) is 13.2 Å². The Bertz CT molecular complexity index is 903. The predicted molar refractivity (Wildman–Crippen MR) is 90.9 cm³/mol. The van der Waals surface area contributed by atoms with Crippen molar-refractivity contribution in [2.24, 2.45) is 0 Å². The third kappa shape index (κ3) is 3.58. The van der Waals surface area contributed by atoms with Crippen molar-refractivity contribution in [1.82, 2.24) is 9.55 Å². The molecule has 0 aliphatic carbocycles. The summed E-state index contributed by atoms with van der Waals surface area (Å²) in [7, 11) is 0. The first kappa shape index (κ1) is 17.6. The van der Waals surface area contributed by atoms with Crippen LogP contribution in [0, 0.1) is 0 Å². The van der Waals surface area contributed by atoms with Crippen LogP contribution in [0.4, 0.5) is 13.2 Å². The summed E-state index contributed by atoms with van der Waals surface area (Å²) >= 11 is 6.07. The highest BCUT2D eigenvalue weighted by Gasteiger charge is 2.31. The highest BCUT2D eigenvalue weighted by molar-refractivity contribution is 6.32. The average molecular weight is 369 g/mol. The molecule has 0 saturated carbocycles. The molecule has 25 heavy (non-hydrogen) atoms. The van der Waals surface area contributed by atoms with Gasteiger partial charge in [-0.15, -0.1) is 0 Å². The molecule has 1 heterocycles. The van der Waals surface area contributed by atoms with Gasteiger partial charge in [0.15, 0.2) is 0 Å². The molecule has 3 nitrogen and oxygen atoms in total. The molecule has 0 fully saturated rings. The van der Waals surface area contributed by atoms with Crippen LogP contribution in [0.1, 0.15) is 31.3 Å². The highest BCUT2D eigenvalue weighted by Crippen LogP contribution is 2.32. The highest BCUT2D eigenvalue weighted by atomic mass is 35.5. The van der Waals surface area contributed by atoms with Crippen molar-refractivity contribution in [2.75, 3.05) is 0 Å². The molecule has 0 unspecified atom stereocenters. The van der Waals surface area contributed by atoms with E-state index in [1.54, 1.807) is 24.3 Å². The first-order valence-electron chi connectivity index (χ1n) is 7.72. The number of alkyl halides is 3. The lowest BCUT2D eigenvalue weighted by molar-refractivity contribution is -0.137. The van der Waals surface area contributed by atoms with Gasteiger partial charge >= 0.3 is 6.18 Å². The number of hydrogen-bond acceptors (Lipinski definition) is 2. The number of rotatable bonds is 4. The first-order valence-corrected chi connectivity index (χ1v) is 8.10. The zero-order valence-corrected chi connectivity index (χ0v) is 14.4. The van der Waals surface area contributed by atoms with Gasteiger partial charge in [-0.3, -0.25) is 0 Å². The number of halogens is 4. The van der Waals surface area contributed by atoms with E-state index in [4.69, 9.17) is 16.3 Å². The number of hydrogen-bond donors (Lipinski definition) is 0. The number of nitrogens with zero attached hydrogens (tertiary/aromatic N) is 2. The maximum Gasteiger partial charge on any atom is 0.416 e. The Labute approximate surface area is 148 Å². The Morgan fingerprint density at radius 3 is 2.52 bits per heavy atom. The van der Waals surface area contributed by atoms with Crippen molar-refractivity contribution >= 4 is 22.6 Å². The monoisotopic (exact) mass is 368 g/mol. The fourth-order valence-electron chi connectivity index (χ4n) is 2.71. The average Bonchev–Trinajstić information content (AvgIpc) is 2.90. The topological polar surface area (TPSA) is 27.1 Å². The molecule has 2 aromatic carbocycles. The van der Waals surface area contributed by atoms with Gasteiger partial charge in [0.2, 0.25) is 0 Å². The van der Waals surface area contributed by atoms with Crippen LogP contribution in [-0.2, 0) is 12.8 Å². The minimum Gasteiger partial charge on any atom is -0.484 e. The molecule has 0 spiro atoms. The van der Waals surface area contributed by atoms with Crippen molar-refractivity contribution < 1.29 is 17.9 Å². The van der Waals surface area contributed by atoms with Gasteiger partial charge in [-0.1, -0.05) is 23.7 Å². The molecule has 0 amide bonds. The fraction of sp³-hybridized carbons (Fsp3) is 0.278. The number of aromatic nitrogens is 2. The van der Waals surface area contributed by atoms with Crippen LogP contribution < -0.4 is 4.74 Å².